The molecular formula is C32H46F3NO2. The molecule has 0 atom stereocenters. The highest BCUT2D eigenvalue weighted by molar-refractivity contribution is 5.84. The zero-order valence-corrected chi connectivity index (χ0v) is 23.3. The Balaban J connectivity index is 1.78. The van der Waals surface area contributed by atoms with Gasteiger partial charge in [-0.15, -0.1) is 0 Å². The Kier molecular flexibility index (Phi) is 15.1. The van der Waals surface area contributed by atoms with Crippen LogP contribution in [0.1, 0.15) is 94.2 Å². The van der Waals surface area contributed by atoms with E-state index in [1.54, 1.807) is 6.07 Å². The normalized spacial score (nSPS) is 11.7. The zero-order valence-electron chi connectivity index (χ0n) is 23.3. The number of rotatable bonds is 20. The van der Waals surface area contributed by atoms with Crippen molar-refractivity contribution in [2.75, 3.05) is 26.7 Å². The molecule has 0 aliphatic carbocycles. The summed E-state index contributed by atoms with van der Waals surface area (Å²) in [6, 6.07) is 15.4. The number of nitrogens with zero attached hydrogens (tertiary/aromatic N) is 1. The standard InChI is InChI=1S/C32H46F3NO2/c1-3-4-5-6-7-8-9-10-11-15-22-36(2)23-24-38-30-20-18-28(19-21-31(37)32(33,34)35)26-29(30)25-27-16-13-12-14-17-27/h12-14,16-18,20,26H,3-11,15,19,21-25H2,1-2H3. The van der Waals surface area contributed by atoms with Gasteiger partial charge in [-0.05, 0) is 49.2 Å². The van der Waals surface area contributed by atoms with E-state index in [1.165, 1.54) is 64.2 Å². The zero-order chi connectivity index (χ0) is 27.6. The third-order valence-corrected chi connectivity index (χ3v) is 6.94. The minimum Gasteiger partial charge on any atom is -0.492 e. The van der Waals surface area contributed by atoms with Crippen molar-refractivity contribution in [3.8, 4) is 5.75 Å². The molecule has 6 heteroatoms. The Bertz CT molecular complexity index is 915. The number of hydrogen-bond donors (Lipinski definition) is 0. The number of unbranched alkanes of at least 4 members (excludes halogenated alkanes) is 9. The minimum atomic E-state index is -4.78. The molecule has 0 saturated heterocycles. The van der Waals surface area contributed by atoms with Gasteiger partial charge in [-0.1, -0.05) is 107 Å². The molecule has 2 aromatic carbocycles. The van der Waals surface area contributed by atoms with Gasteiger partial charge < -0.3 is 9.64 Å². The van der Waals surface area contributed by atoms with E-state index in [1.807, 2.05) is 42.5 Å². The van der Waals surface area contributed by atoms with Crippen molar-refractivity contribution in [1.29, 1.82) is 0 Å². The first-order valence-electron chi connectivity index (χ1n) is 14.4. The lowest BCUT2D eigenvalue weighted by Crippen LogP contribution is -2.25. The van der Waals surface area contributed by atoms with Crippen molar-refractivity contribution >= 4 is 5.78 Å². The summed E-state index contributed by atoms with van der Waals surface area (Å²) in [4.78, 5) is 13.6. The fourth-order valence-corrected chi connectivity index (χ4v) is 4.58. The highest BCUT2D eigenvalue weighted by Crippen LogP contribution is 2.25. The lowest BCUT2D eigenvalue weighted by molar-refractivity contribution is -0.171. The number of halogens is 3. The molecule has 2 aromatic rings. The first kappa shape index (κ1) is 31.9. The number of benzene rings is 2. The van der Waals surface area contributed by atoms with E-state index in [9.17, 15) is 18.0 Å². The Morgan fingerprint density at radius 1 is 0.816 bits per heavy atom. The van der Waals surface area contributed by atoms with Gasteiger partial charge in [-0.25, -0.2) is 0 Å². The number of carbonyl (C=O) groups excluding carboxylic acids is 1. The predicted molar refractivity (Wildman–Crippen MR) is 150 cm³/mol. The molecular weight excluding hydrogens is 487 g/mol. The van der Waals surface area contributed by atoms with Crippen LogP contribution >= 0.6 is 0 Å². The van der Waals surface area contributed by atoms with Crippen LogP contribution in [0, 0.1) is 0 Å². The smallest absolute Gasteiger partial charge is 0.449 e. The van der Waals surface area contributed by atoms with Crippen molar-refractivity contribution in [3.05, 3.63) is 65.2 Å². The van der Waals surface area contributed by atoms with Gasteiger partial charge in [-0.3, -0.25) is 4.79 Å². The second-order valence-electron chi connectivity index (χ2n) is 10.4. The molecule has 3 nitrogen and oxygen atoms in total. The average molecular weight is 534 g/mol. The fourth-order valence-electron chi connectivity index (χ4n) is 4.58. The third kappa shape index (κ3) is 13.5. The lowest BCUT2D eigenvalue weighted by Gasteiger charge is -2.18. The summed E-state index contributed by atoms with van der Waals surface area (Å²) in [5, 5.41) is 0. The summed E-state index contributed by atoms with van der Waals surface area (Å²) in [6.45, 7) is 4.65. The Morgan fingerprint density at radius 3 is 2.08 bits per heavy atom. The van der Waals surface area contributed by atoms with Gasteiger partial charge in [0.25, 0.3) is 0 Å². The maximum absolute atomic E-state index is 12.6. The van der Waals surface area contributed by atoms with Crippen molar-refractivity contribution in [2.24, 2.45) is 0 Å². The highest BCUT2D eigenvalue weighted by atomic mass is 19.4. The van der Waals surface area contributed by atoms with Gasteiger partial charge in [0.05, 0.1) is 0 Å². The molecule has 0 N–H and O–H groups in total. The highest BCUT2D eigenvalue weighted by Gasteiger charge is 2.37. The first-order chi connectivity index (χ1) is 18.3. The van der Waals surface area contributed by atoms with Crippen molar-refractivity contribution in [2.45, 2.75) is 96.6 Å². The molecule has 0 heterocycles. The van der Waals surface area contributed by atoms with Crippen LogP contribution in [0.4, 0.5) is 13.2 Å². The number of carbonyl (C=O) groups is 1. The van der Waals surface area contributed by atoms with Crippen LogP contribution in [0.2, 0.25) is 0 Å². The fraction of sp³-hybridized carbons (Fsp3) is 0.594. The van der Waals surface area contributed by atoms with Crippen molar-refractivity contribution in [1.82, 2.24) is 4.90 Å². The Hall–Kier alpha value is -2.34. The van der Waals surface area contributed by atoms with Gasteiger partial charge >= 0.3 is 6.18 Å². The van der Waals surface area contributed by atoms with E-state index in [0.29, 0.717) is 18.6 Å². The molecule has 0 aliphatic heterocycles. The number of ether oxygens (including phenoxy) is 1. The second-order valence-corrected chi connectivity index (χ2v) is 10.4. The van der Waals surface area contributed by atoms with Gasteiger partial charge in [0.1, 0.15) is 12.4 Å². The SMILES string of the molecule is CCCCCCCCCCCCN(C)CCOc1ccc(CCC(=O)C(F)(F)F)cc1Cc1ccccc1. The number of Topliss-reactive ketones (excluding diaryl/α,β-unsaturated/α-hetero) is 1. The van der Waals surface area contributed by atoms with Crippen LogP contribution in [-0.4, -0.2) is 43.6 Å². The number of alkyl halides is 3. The monoisotopic (exact) mass is 533 g/mol. The molecule has 0 radical (unpaired) electrons. The van der Waals surface area contributed by atoms with Crippen LogP contribution in [0.25, 0.3) is 0 Å². The first-order valence-corrected chi connectivity index (χ1v) is 14.4. The molecule has 212 valence electrons. The predicted octanol–water partition coefficient (Wildman–Crippen LogP) is 8.57. The van der Waals surface area contributed by atoms with Crippen LogP contribution < -0.4 is 4.74 Å². The van der Waals surface area contributed by atoms with E-state index >= 15 is 0 Å². The maximum atomic E-state index is 12.6. The van der Waals surface area contributed by atoms with Crippen molar-refractivity contribution in [3.63, 3.8) is 0 Å². The third-order valence-electron chi connectivity index (χ3n) is 6.94. The molecule has 0 spiro atoms. The van der Waals surface area contributed by atoms with E-state index < -0.39 is 18.4 Å². The number of aryl methyl sites for hydroxylation is 1. The van der Waals surface area contributed by atoms with Crippen LogP contribution in [-0.2, 0) is 17.6 Å². The van der Waals surface area contributed by atoms with Crippen LogP contribution in [0.5, 0.6) is 5.75 Å². The van der Waals surface area contributed by atoms with Gasteiger partial charge in [0, 0.05) is 19.4 Å². The van der Waals surface area contributed by atoms with Crippen LogP contribution in [0.3, 0.4) is 0 Å². The van der Waals surface area contributed by atoms with Gasteiger partial charge in [0.15, 0.2) is 0 Å². The Morgan fingerprint density at radius 2 is 1.45 bits per heavy atom. The molecule has 38 heavy (non-hydrogen) atoms. The molecule has 2 rings (SSSR count). The molecule has 0 amide bonds. The van der Waals surface area contributed by atoms with E-state index in [-0.39, 0.29) is 6.42 Å². The molecule has 0 unspecified atom stereocenters. The maximum Gasteiger partial charge on any atom is 0.449 e. The van der Waals surface area contributed by atoms with Gasteiger partial charge in [-0.2, -0.15) is 13.2 Å². The minimum absolute atomic E-state index is 0.0575. The largest absolute Gasteiger partial charge is 0.492 e. The molecule has 0 aliphatic rings. The molecule has 0 saturated carbocycles. The summed E-state index contributed by atoms with van der Waals surface area (Å²) in [6.07, 6.45) is 8.60. The summed E-state index contributed by atoms with van der Waals surface area (Å²) >= 11 is 0. The number of hydrogen-bond acceptors (Lipinski definition) is 3. The molecule has 0 bridgehead atoms. The summed E-state index contributed by atoms with van der Waals surface area (Å²) in [5.41, 5.74) is 2.73. The molecule has 0 fully saturated rings. The topological polar surface area (TPSA) is 29.5 Å². The lowest BCUT2D eigenvalue weighted by atomic mass is 9.99. The number of ketones is 1. The Labute approximate surface area is 227 Å². The van der Waals surface area contributed by atoms with Crippen molar-refractivity contribution < 1.29 is 22.7 Å². The van der Waals surface area contributed by atoms with Crippen LogP contribution in [0.15, 0.2) is 48.5 Å². The number of likely N-dealkylation sites (N-methyl/N-ethyl adjacent to an activating group) is 1. The average Bonchev–Trinajstić information content (AvgIpc) is 2.89. The summed E-state index contributed by atoms with van der Waals surface area (Å²) in [7, 11) is 2.11. The summed E-state index contributed by atoms with van der Waals surface area (Å²) < 4.78 is 44.0. The van der Waals surface area contributed by atoms with E-state index in [4.69, 9.17) is 4.74 Å². The van der Waals surface area contributed by atoms with E-state index in [2.05, 4.69) is 18.9 Å². The molecule has 0 aromatic heterocycles. The summed E-state index contributed by atoms with van der Waals surface area (Å²) in [5.74, 6) is -0.944. The second kappa shape index (κ2) is 18.0. The van der Waals surface area contributed by atoms with E-state index in [0.717, 1.165) is 30.0 Å². The van der Waals surface area contributed by atoms with Gasteiger partial charge in [0.2, 0.25) is 5.78 Å². The quantitative estimate of drug-likeness (QED) is 0.160.